The molecular formula is C29H33N6O10P. The van der Waals surface area contributed by atoms with E-state index in [1.165, 1.54) is 29.9 Å². The van der Waals surface area contributed by atoms with Crippen molar-refractivity contribution >= 4 is 37.0 Å². The van der Waals surface area contributed by atoms with E-state index < -0.39 is 62.2 Å². The lowest BCUT2D eigenvalue weighted by Crippen LogP contribution is -2.49. The lowest BCUT2D eigenvalue weighted by molar-refractivity contribution is -0.166. The molecule has 0 spiro atoms. The Labute approximate surface area is 263 Å². The summed E-state index contributed by atoms with van der Waals surface area (Å²) in [6, 6.07) is 12.0. The van der Waals surface area contributed by atoms with Crippen LogP contribution in [0.4, 0.5) is 5.82 Å². The van der Waals surface area contributed by atoms with Crippen LogP contribution in [0.3, 0.4) is 0 Å². The van der Waals surface area contributed by atoms with E-state index in [9.17, 15) is 24.2 Å². The Bertz CT molecular complexity index is 1690. The van der Waals surface area contributed by atoms with E-state index in [1.807, 2.05) is 6.07 Å². The van der Waals surface area contributed by atoms with E-state index in [0.717, 1.165) is 26.7 Å². The molecular weight excluding hydrogens is 623 g/mol. The van der Waals surface area contributed by atoms with Crippen molar-refractivity contribution in [3.8, 4) is 11.8 Å². The van der Waals surface area contributed by atoms with Gasteiger partial charge in [-0.3, -0.25) is 18.9 Å². The third-order valence-corrected chi connectivity index (χ3v) is 8.89. The largest absolute Gasteiger partial charge is 0.464 e. The van der Waals surface area contributed by atoms with Gasteiger partial charge in [-0.05, 0) is 49.9 Å². The van der Waals surface area contributed by atoms with Gasteiger partial charge in [-0.2, -0.15) is 15.4 Å². The molecule has 5 rings (SSSR count). The number of benzene rings is 1. The standard InChI is InChI=1S/C29H33N6O10P/c1-17(28(38)40-13-20-9-10-20)34-46(39,45-21-7-5-4-6-8-21)41-15-29(14-30)26(43-19(3)37)25(42-18(2)36)24(44-29)22-11-12-23-27(31)32-16-33-35(22)23/h4-8,11-12,16-17,20,24-26H,9-10,13,15H2,1-3H3,(H,34,39)(H2,31,32,33)/t17-,24-,25-,26-,29+,46+/m0/s1. The van der Waals surface area contributed by atoms with Crippen molar-refractivity contribution in [2.24, 2.45) is 5.92 Å². The molecule has 3 aromatic rings. The van der Waals surface area contributed by atoms with Crippen LogP contribution in [0.2, 0.25) is 0 Å². The lowest BCUT2D eigenvalue weighted by Gasteiger charge is -2.30. The number of hydrogen-bond acceptors (Lipinski definition) is 14. The first kappa shape index (κ1) is 32.8. The fraction of sp³-hybridized carbons (Fsp3) is 0.448. The van der Waals surface area contributed by atoms with Crippen LogP contribution in [0.5, 0.6) is 5.75 Å². The summed E-state index contributed by atoms with van der Waals surface area (Å²) < 4.78 is 49.7. The first-order valence-electron chi connectivity index (χ1n) is 14.4. The second-order valence-corrected chi connectivity index (χ2v) is 12.6. The van der Waals surface area contributed by atoms with Crippen LogP contribution in [0.15, 0.2) is 48.8 Å². The molecule has 16 nitrogen and oxygen atoms in total. The van der Waals surface area contributed by atoms with Crippen LogP contribution < -0.4 is 15.3 Å². The van der Waals surface area contributed by atoms with Gasteiger partial charge in [0.2, 0.25) is 5.60 Å². The molecule has 0 bridgehead atoms. The Kier molecular flexibility index (Phi) is 9.59. The second-order valence-electron chi connectivity index (χ2n) is 10.9. The number of esters is 3. The number of ether oxygens (including phenoxy) is 4. The van der Waals surface area contributed by atoms with Gasteiger partial charge in [0.1, 0.15) is 42.4 Å². The second kappa shape index (κ2) is 13.4. The van der Waals surface area contributed by atoms with Gasteiger partial charge in [0.15, 0.2) is 18.0 Å². The minimum absolute atomic E-state index is 0.124. The number of nitrogens with two attached hydrogens (primary N) is 1. The molecule has 6 atom stereocenters. The quantitative estimate of drug-likeness (QED) is 0.154. The van der Waals surface area contributed by atoms with Crippen LogP contribution in [0, 0.1) is 17.2 Å². The van der Waals surface area contributed by atoms with E-state index in [1.54, 1.807) is 30.3 Å². The Morgan fingerprint density at radius 3 is 2.54 bits per heavy atom. The fourth-order valence-corrected chi connectivity index (χ4v) is 6.41. The summed E-state index contributed by atoms with van der Waals surface area (Å²) in [4.78, 5) is 41.2. The highest BCUT2D eigenvalue weighted by molar-refractivity contribution is 7.52. The average molecular weight is 657 g/mol. The van der Waals surface area contributed by atoms with Crippen LogP contribution in [0.1, 0.15) is 45.4 Å². The fourth-order valence-electron chi connectivity index (χ4n) is 4.89. The molecule has 244 valence electrons. The van der Waals surface area contributed by atoms with E-state index >= 15 is 0 Å². The summed E-state index contributed by atoms with van der Waals surface area (Å²) in [7, 11) is -4.50. The number of nitrogens with one attached hydrogen (secondary N) is 1. The summed E-state index contributed by atoms with van der Waals surface area (Å²) in [6.07, 6.45) is -1.11. The van der Waals surface area contributed by atoms with E-state index in [0.29, 0.717) is 11.4 Å². The molecule has 2 aliphatic rings. The predicted octanol–water partition coefficient (Wildman–Crippen LogP) is 2.64. The number of nitrogen functional groups attached to an aromatic ring is 1. The van der Waals surface area contributed by atoms with Crippen molar-refractivity contribution in [3.63, 3.8) is 0 Å². The van der Waals surface area contributed by atoms with Gasteiger partial charge >= 0.3 is 25.7 Å². The maximum absolute atomic E-state index is 14.2. The SMILES string of the molecule is CC(=O)O[C@H]1[C@H](c2ccc3c(N)ncnn23)O[C@](C#N)(CO[P@](=O)(N[C@@H](C)C(=O)OCC2CC2)Oc2ccccc2)[C@H]1OC(C)=O. The van der Waals surface area contributed by atoms with Crippen LogP contribution >= 0.6 is 7.75 Å². The summed E-state index contributed by atoms with van der Waals surface area (Å²) >= 11 is 0. The molecule has 1 aliphatic heterocycles. The molecule has 2 fully saturated rings. The number of carbonyl (C=O) groups excluding carboxylic acids is 3. The third kappa shape index (κ3) is 7.29. The molecule has 0 amide bonds. The van der Waals surface area contributed by atoms with E-state index in [-0.39, 0.29) is 23.9 Å². The van der Waals surface area contributed by atoms with Gasteiger partial charge < -0.3 is 29.2 Å². The smallest absolute Gasteiger partial charge is 0.459 e. The third-order valence-electron chi connectivity index (χ3n) is 7.26. The zero-order valence-corrected chi connectivity index (χ0v) is 26.1. The zero-order valence-electron chi connectivity index (χ0n) is 25.2. The van der Waals surface area contributed by atoms with Crippen LogP contribution in [-0.4, -0.2) is 69.6 Å². The Morgan fingerprint density at radius 1 is 1.17 bits per heavy atom. The summed E-state index contributed by atoms with van der Waals surface area (Å²) in [5.41, 5.74) is 4.44. The highest BCUT2D eigenvalue weighted by atomic mass is 31.2. The molecule has 3 N–H and O–H groups in total. The van der Waals surface area contributed by atoms with Gasteiger partial charge in [-0.25, -0.2) is 14.1 Å². The zero-order chi connectivity index (χ0) is 33.1. The van der Waals surface area contributed by atoms with E-state index in [2.05, 4.69) is 15.2 Å². The Balaban J connectivity index is 1.48. The highest BCUT2D eigenvalue weighted by Crippen LogP contribution is 2.50. The number of aromatic nitrogens is 3. The number of nitrogens with zero attached hydrogens (tertiary/aromatic N) is 4. The highest BCUT2D eigenvalue weighted by Gasteiger charge is 2.62. The minimum atomic E-state index is -4.50. The number of carbonyl (C=O) groups is 3. The van der Waals surface area contributed by atoms with Crippen molar-refractivity contribution in [1.29, 1.82) is 5.26 Å². The molecule has 1 saturated heterocycles. The van der Waals surface area contributed by atoms with Gasteiger partial charge in [-0.15, -0.1) is 0 Å². The van der Waals surface area contributed by atoms with Crippen molar-refractivity contribution in [2.45, 2.75) is 63.6 Å². The first-order valence-corrected chi connectivity index (χ1v) is 15.9. The maximum atomic E-state index is 14.2. The number of hydrogen-bond donors (Lipinski definition) is 2. The summed E-state index contributed by atoms with van der Waals surface area (Å²) in [5, 5.41) is 17.3. The van der Waals surface area contributed by atoms with E-state index in [4.69, 9.17) is 33.7 Å². The minimum Gasteiger partial charge on any atom is -0.464 e. The lowest BCUT2D eigenvalue weighted by atomic mass is 9.95. The van der Waals surface area contributed by atoms with Crippen molar-refractivity contribution < 1.29 is 46.9 Å². The molecule has 17 heteroatoms. The molecule has 1 aromatic carbocycles. The molecule has 0 radical (unpaired) electrons. The number of nitriles is 1. The number of fused-ring (bicyclic) bond motifs is 1. The average Bonchev–Trinajstić information content (AvgIpc) is 3.68. The van der Waals surface area contributed by atoms with Crippen LogP contribution in [0.25, 0.3) is 5.52 Å². The Hall–Kier alpha value is -4.55. The molecule has 1 saturated carbocycles. The Morgan fingerprint density at radius 2 is 1.89 bits per heavy atom. The van der Waals surface area contributed by atoms with Crippen molar-refractivity contribution in [2.75, 3.05) is 18.9 Å². The molecule has 0 unspecified atom stereocenters. The van der Waals surface area contributed by atoms with Gasteiger partial charge in [0.25, 0.3) is 0 Å². The molecule has 1 aliphatic carbocycles. The summed E-state index contributed by atoms with van der Waals surface area (Å²) in [5.74, 6) is -1.71. The van der Waals surface area contributed by atoms with Gasteiger partial charge in [-0.1, -0.05) is 18.2 Å². The van der Waals surface area contributed by atoms with Crippen molar-refractivity contribution in [1.82, 2.24) is 19.7 Å². The maximum Gasteiger partial charge on any atom is 0.459 e. The normalized spacial score (nSPS) is 24.3. The first-order chi connectivity index (χ1) is 21.9. The topological polar surface area (TPSA) is 216 Å². The summed E-state index contributed by atoms with van der Waals surface area (Å²) in [6.45, 7) is 3.05. The van der Waals surface area contributed by atoms with Crippen LogP contribution in [-0.2, 0) is 42.4 Å². The van der Waals surface area contributed by atoms with Gasteiger partial charge in [0.05, 0.1) is 12.3 Å². The molecule has 3 heterocycles. The number of rotatable bonds is 13. The van der Waals surface area contributed by atoms with Crippen molar-refractivity contribution in [3.05, 3.63) is 54.5 Å². The van der Waals surface area contributed by atoms with Gasteiger partial charge in [0, 0.05) is 13.8 Å². The number of anilines is 1. The molecule has 2 aromatic heterocycles. The number of para-hydroxylation sites is 1. The molecule has 46 heavy (non-hydrogen) atoms. The predicted molar refractivity (Wildman–Crippen MR) is 158 cm³/mol. The monoisotopic (exact) mass is 656 g/mol.